The maximum absolute atomic E-state index is 14.6. The normalized spacial score (nSPS) is 32.6. The Morgan fingerprint density at radius 3 is 2.68 bits per heavy atom. The lowest BCUT2D eigenvalue weighted by atomic mass is 9.78. The molecule has 1 aromatic carbocycles. The molecule has 0 aromatic heterocycles. The zero-order valence-electron chi connectivity index (χ0n) is 22.6. The van der Waals surface area contributed by atoms with E-state index in [0.29, 0.717) is 19.6 Å². The van der Waals surface area contributed by atoms with Crippen molar-refractivity contribution in [2.75, 3.05) is 24.7 Å². The molecule has 38 heavy (non-hydrogen) atoms. The van der Waals surface area contributed by atoms with Crippen LogP contribution < -0.4 is 4.90 Å². The molecule has 7 nitrogen and oxygen atoms in total. The molecule has 0 bridgehead atoms. The van der Waals surface area contributed by atoms with Crippen molar-refractivity contribution in [1.82, 2.24) is 4.90 Å². The first-order chi connectivity index (χ1) is 18.2. The van der Waals surface area contributed by atoms with E-state index < -0.39 is 28.7 Å². The van der Waals surface area contributed by atoms with Crippen LogP contribution in [0.2, 0.25) is 0 Å². The molecule has 0 aliphatic carbocycles. The van der Waals surface area contributed by atoms with Gasteiger partial charge in [-0.25, -0.2) is 0 Å². The molecule has 6 atom stereocenters. The molecule has 2 fully saturated rings. The Kier molecular flexibility index (Phi) is 7.48. The average molecular weight is 539 g/mol. The number of nitrogens with zero attached hydrogens (tertiary/aromatic N) is 2. The van der Waals surface area contributed by atoms with Crippen LogP contribution in [0.25, 0.3) is 0 Å². The van der Waals surface area contributed by atoms with Crippen LogP contribution in [0.5, 0.6) is 0 Å². The number of thioether (sulfide) groups is 1. The molecule has 1 unspecified atom stereocenters. The highest BCUT2D eigenvalue weighted by atomic mass is 32.2. The number of aliphatic hydroxyl groups excluding tert-OH is 1. The lowest BCUT2D eigenvalue weighted by Crippen LogP contribution is -2.57. The Labute approximate surface area is 229 Å². The first kappa shape index (κ1) is 27.0. The van der Waals surface area contributed by atoms with Crippen LogP contribution in [0.4, 0.5) is 5.69 Å². The molecule has 5 rings (SSSR count). The lowest BCUT2D eigenvalue weighted by molar-refractivity contribution is -0.153. The van der Waals surface area contributed by atoms with Crippen molar-refractivity contribution in [3.05, 3.63) is 53.6 Å². The lowest BCUT2D eigenvalue weighted by Gasteiger charge is -2.39. The number of hydrogen-bond donors (Lipinski definition) is 1. The second kappa shape index (κ2) is 10.5. The number of rotatable bonds is 5. The summed E-state index contributed by atoms with van der Waals surface area (Å²) >= 11 is 1.54. The molecule has 0 saturated carbocycles. The van der Waals surface area contributed by atoms with Crippen LogP contribution in [0.15, 0.2) is 42.5 Å². The molecule has 8 heteroatoms. The number of anilines is 1. The number of esters is 1. The summed E-state index contributed by atoms with van der Waals surface area (Å²) in [6.45, 7) is 8.52. The summed E-state index contributed by atoms with van der Waals surface area (Å²) in [5, 5.41) is 10.2. The molecule has 4 aliphatic heterocycles. The van der Waals surface area contributed by atoms with Crippen molar-refractivity contribution < 1.29 is 24.2 Å². The third-order valence-electron chi connectivity index (χ3n) is 8.29. The van der Waals surface area contributed by atoms with Crippen LogP contribution >= 0.6 is 11.8 Å². The van der Waals surface area contributed by atoms with Gasteiger partial charge in [-0.1, -0.05) is 50.3 Å². The van der Waals surface area contributed by atoms with E-state index in [-0.39, 0.29) is 35.6 Å². The Hall–Kier alpha value is -2.58. The summed E-state index contributed by atoms with van der Waals surface area (Å²) < 4.78 is 4.71. The highest BCUT2D eigenvalue weighted by Gasteiger charge is 2.71. The van der Waals surface area contributed by atoms with Crippen molar-refractivity contribution in [3.8, 4) is 0 Å². The van der Waals surface area contributed by atoms with E-state index in [1.807, 2.05) is 64.1 Å². The van der Waals surface area contributed by atoms with Gasteiger partial charge in [-0.15, -0.1) is 11.8 Å². The van der Waals surface area contributed by atoms with Crippen molar-refractivity contribution in [2.24, 2.45) is 17.8 Å². The van der Waals surface area contributed by atoms with Gasteiger partial charge in [0.15, 0.2) is 0 Å². The smallest absolute Gasteiger partial charge is 0.311 e. The molecular weight excluding hydrogens is 500 g/mol. The Morgan fingerprint density at radius 2 is 1.95 bits per heavy atom. The van der Waals surface area contributed by atoms with E-state index in [1.54, 1.807) is 21.6 Å². The average Bonchev–Trinajstić information content (AvgIpc) is 3.29. The third kappa shape index (κ3) is 4.39. The van der Waals surface area contributed by atoms with E-state index in [4.69, 9.17) is 4.74 Å². The van der Waals surface area contributed by atoms with Crippen molar-refractivity contribution >= 4 is 35.2 Å². The number of hydrogen-bond acceptors (Lipinski definition) is 6. The van der Waals surface area contributed by atoms with E-state index in [1.165, 1.54) is 0 Å². The van der Waals surface area contributed by atoms with Crippen molar-refractivity contribution in [1.29, 1.82) is 0 Å². The minimum atomic E-state index is -0.928. The fraction of sp³-hybridized carbons (Fsp3) is 0.567. The van der Waals surface area contributed by atoms with Crippen LogP contribution in [0.1, 0.15) is 44.2 Å². The predicted octanol–water partition coefficient (Wildman–Crippen LogP) is 3.80. The van der Waals surface area contributed by atoms with Crippen molar-refractivity contribution in [2.45, 2.75) is 69.0 Å². The first-order valence-electron chi connectivity index (χ1n) is 13.7. The zero-order valence-corrected chi connectivity index (χ0v) is 23.4. The van der Waals surface area contributed by atoms with Gasteiger partial charge >= 0.3 is 5.97 Å². The van der Waals surface area contributed by atoms with E-state index in [0.717, 1.165) is 29.7 Å². The Morgan fingerprint density at radius 1 is 1.16 bits per heavy atom. The number of aliphatic hydroxyl groups is 1. The first-order valence-corrected chi connectivity index (χ1v) is 14.6. The maximum atomic E-state index is 14.6. The summed E-state index contributed by atoms with van der Waals surface area (Å²) in [7, 11) is 0. The van der Waals surface area contributed by atoms with E-state index in [9.17, 15) is 19.5 Å². The number of likely N-dealkylation sites (tertiary alicyclic amines) is 1. The molecule has 204 valence electrons. The number of ether oxygens (including phenoxy) is 1. The molecule has 2 saturated heterocycles. The van der Waals surface area contributed by atoms with Gasteiger partial charge in [-0.2, -0.15) is 0 Å². The van der Waals surface area contributed by atoms with Gasteiger partial charge in [0.05, 0.1) is 35.8 Å². The fourth-order valence-corrected chi connectivity index (χ4v) is 8.62. The molecule has 4 aliphatic rings. The molecule has 2 amide bonds. The SMILES string of the molecule is Cc1ccc(C)c(N2CC=C[C@]34S[C@@H]5/C=C\CCCOC(=O)[C@@H]5[C@H]3C(=O)N([C@@H](CO)CC(C)C)C4C2=O)c1. The highest BCUT2D eigenvalue weighted by Crippen LogP contribution is 2.61. The van der Waals surface area contributed by atoms with Crippen LogP contribution in [0.3, 0.4) is 0 Å². The number of carbonyl (C=O) groups excluding carboxylic acids is 3. The Bertz CT molecular complexity index is 1180. The molecule has 1 N–H and O–H groups in total. The predicted molar refractivity (Wildman–Crippen MR) is 149 cm³/mol. The number of carbonyl (C=O) groups is 3. The summed E-state index contributed by atoms with van der Waals surface area (Å²) in [6, 6.07) is 4.68. The number of cyclic esters (lactones) is 1. The number of benzene rings is 1. The van der Waals surface area contributed by atoms with Crippen LogP contribution in [-0.4, -0.2) is 69.6 Å². The van der Waals surface area contributed by atoms with E-state index >= 15 is 0 Å². The molecule has 4 heterocycles. The highest BCUT2D eigenvalue weighted by molar-refractivity contribution is 8.02. The number of aryl methyl sites for hydroxylation is 2. The standard InChI is InChI=1S/C30H38N2O5S/c1-18(2)15-21(17-33)32-26-28(35)31(22-16-19(3)10-11-20(22)4)13-8-12-30(26)25(27(32)34)24-23(38-30)9-6-5-7-14-37-29(24)36/h6,8-12,16,18,21,23-26,33H,5,7,13-15,17H2,1-4H3/b9-6-/t21-,23-,24+,25+,26?,30+/m1/s1. The van der Waals surface area contributed by atoms with Gasteiger partial charge in [0.25, 0.3) is 5.91 Å². The monoisotopic (exact) mass is 538 g/mol. The zero-order chi connectivity index (χ0) is 27.2. The van der Waals surface area contributed by atoms with Crippen molar-refractivity contribution in [3.63, 3.8) is 0 Å². The Balaban J connectivity index is 1.66. The minimum Gasteiger partial charge on any atom is -0.465 e. The minimum absolute atomic E-state index is 0.168. The van der Waals surface area contributed by atoms with Crippen LogP contribution in [-0.2, 0) is 19.1 Å². The second-order valence-electron chi connectivity index (χ2n) is 11.4. The van der Waals surface area contributed by atoms with Crippen LogP contribution in [0, 0.1) is 31.6 Å². The van der Waals surface area contributed by atoms with Gasteiger partial charge in [0.1, 0.15) is 6.04 Å². The summed E-state index contributed by atoms with van der Waals surface area (Å²) in [5.41, 5.74) is 2.84. The number of fused-ring (bicyclic) bond motifs is 2. The molecular formula is C30H38N2O5S. The topological polar surface area (TPSA) is 87.2 Å². The second-order valence-corrected chi connectivity index (χ2v) is 12.9. The van der Waals surface area contributed by atoms with Gasteiger partial charge < -0.3 is 19.6 Å². The maximum Gasteiger partial charge on any atom is 0.311 e. The molecule has 1 aromatic rings. The summed E-state index contributed by atoms with van der Waals surface area (Å²) in [4.78, 5) is 45.8. The fourth-order valence-electron chi connectivity index (χ4n) is 6.63. The van der Waals surface area contributed by atoms with Gasteiger partial charge in [-0.05, 0) is 56.2 Å². The number of allylic oxidation sites excluding steroid dienone is 1. The van der Waals surface area contributed by atoms with E-state index in [2.05, 4.69) is 6.08 Å². The van der Waals surface area contributed by atoms with Gasteiger partial charge in [0.2, 0.25) is 5.91 Å². The largest absolute Gasteiger partial charge is 0.465 e. The van der Waals surface area contributed by atoms with Gasteiger partial charge in [-0.3, -0.25) is 14.4 Å². The number of amides is 2. The summed E-state index contributed by atoms with van der Waals surface area (Å²) in [5.74, 6) is -1.99. The summed E-state index contributed by atoms with van der Waals surface area (Å²) in [6.07, 6.45) is 10.2. The third-order valence-corrected chi connectivity index (χ3v) is 10.0. The quantitative estimate of drug-likeness (QED) is 0.453. The molecule has 1 spiro atoms. The molecule has 0 radical (unpaired) electrons. The van der Waals surface area contributed by atoms with Gasteiger partial charge in [0, 0.05) is 17.5 Å².